The van der Waals surface area contributed by atoms with Crippen LogP contribution in [0.1, 0.15) is 38.4 Å². The van der Waals surface area contributed by atoms with E-state index in [1.807, 2.05) is 12.1 Å². The third-order valence-electron chi connectivity index (χ3n) is 2.45. The van der Waals surface area contributed by atoms with Gasteiger partial charge in [-0.15, -0.1) is 0 Å². The number of nitrogens with zero attached hydrogens (tertiary/aromatic N) is 1. The maximum Gasteiger partial charge on any atom is 0.123 e. The molecule has 17 heavy (non-hydrogen) atoms. The van der Waals surface area contributed by atoms with Crippen molar-refractivity contribution in [3.05, 3.63) is 29.6 Å². The van der Waals surface area contributed by atoms with E-state index in [-0.39, 0.29) is 6.10 Å². The van der Waals surface area contributed by atoms with Crippen molar-refractivity contribution < 1.29 is 4.74 Å². The Morgan fingerprint density at radius 1 is 1.47 bits per heavy atom. The van der Waals surface area contributed by atoms with Crippen molar-refractivity contribution >= 4 is 17.2 Å². The minimum absolute atomic E-state index is 0.231. The molecule has 0 aliphatic rings. The number of hydrogen-bond donors (Lipinski definition) is 1. The van der Waals surface area contributed by atoms with Crippen LogP contribution < -0.4 is 5.73 Å². The second kappa shape index (κ2) is 6.67. The standard InChI is InChI=1S/C13H20N2OS/c1-9(2)7-10(3)16-8-11-5-4-6-15-12(11)13(14)17/h4-6,9-10H,7-8H2,1-3H3,(H2,14,17). The van der Waals surface area contributed by atoms with Crippen molar-refractivity contribution in [1.82, 2.24) is 4.98 Å². The smallest absolute Gasteiger partial charge is 0.123 e. The van der Waals surface area contributed by atoms with Crippen LogP contribution in [0.15, 0.2) is 18.3 Å². The molecule has 0 saturated carbocycles. The van der Waals surface area contributed by atoms with Gasteiger partial charge >= 0.3 is 0 Å². The van der Waals surface area contributed by atoms with Crippen molar-refractivity contribution in [3.8, 4) is 0 Å². The quantitative estimate of drug-likeness (QED) is 0.791. The van der Waals surface area contributed by atoms with E-state index in [9.17, 15) is 0 Å². The van der Waals surface area contributed by atoms with Gasteiger partial charge in [0.2, 0.25) is 0 Å². The largest absolute Gasteiger partial charge is 0.388 e. The van der Waals surface area contributed by atoms with Gasteiger partial charge < -0.3 is 10.5 Å². The number of rotatable bonds is 6. The van der Waals surface area contributed by atoms with Crippen LogP contribution in [0, 0.1) is 5.92 Å². The normalized spacial score (nSPS) is 12.7. The molecule has 94 valence electrons. The zero-order valence-corrected chi connectivity index (χ0v) is 11.5. The second-order valence-corrected chi connectivity index (χ2v) is 5.07. The van der Waals surface area contributed by atoms with Crippen molar-refractivity contribution in [2.75, 3.05) is 0 Å². The summed E-state index contributed by atoms with van der Waals surface area (Å²) in [6.07, 6.45) is 2.97. The molecule has 3 nitrogen and oxygen atoms in total. The van der Waals surface area contributed by atoms with E-state index in [1.54, 1.807) is 6.20 Å². The van der Waals surface area contributed by atoms with Gasteiger partial charge in [-0.1, -0.05) is 32.1 Å². The Bertz CT molecular complexity index is 379. The first kappa shape index (κ1) is 14.1. The van der Waals surface area contributed by atoms with Gasteiger partial charge in [0, 0.05) is 11.8 Å². The Hall–Kier alpha value is -1.00. The highest BCUT2D eigenvalue weighted by Gasteiger charge is 2.09. The minimum atomic E-state index is 0.231. The van der Waals surface area contributed by atoms with Gasteiger partial charge in [0.25, 0.3) is 0 Å². The van der Waals surface area contributed by atoms with Crippen LogP contribution in [0.25, 0.3) is 0 Å². The van der Waals surface area contributed by atoms with Gasteiger partial charge in [-0.3, -0.25) is 4.98 Å². The summed E-state index contributed by atoms with van der Waals surface area (Å²) in [5.41, 5.74) is 7.24. The molecule has 1 unspecified atom stereocenters. The molecule has 1 atom stereocenters. The van der Waals surface area contributed by atoms with Crippen LogP contribution in [-0.4, -0.2) is 16.1 Å². The first-order valence-electron chi connectivity index (χ1n) is 5.86. The van der Waals surface area contributed by atoms with E-state index in [0.717, 1.165) is 12.0 Å². The van der Waals surface area contributed by atoms with Crippen molar-refractivity contribution in [2.45, 2.75) is 39.9 Å². The third-order valence-corrected chi connectivity index (χ3v) is 2.64. The fraction of sp³-hybridized carbons (Fsp3) is 0.538. The van der Waals surface area contributed by atoms with E-state index in [4.69, 9.17) is 22.7 Å². The highest BCUT2D eigenvalue weighted by molar-refractivity contribution is 7.80. The maximum atomic E-state index is 5.77. The summed E-state index contributed by atoms with van der Waals surface area (Å²) in [7, 11) is 0. The SMILES string of the molecule is CC(C)CC(C)OCc1cccnc1C(N)=S. The molecule has 0 amide bonds. The van der Waals surface area contributed by atoms with Crippen LogP contribution in [0.4, 0.5) is 0 Å². The molecule has 0 aliphatic heterocycles. The molecule has 4 heteroatoms. The molecule has 1 aromatic heterocycles. The first-order chi connectivity index (χ1) is 8.00. The highest BCUT2D eigenvalue weighted by Crippen LogP contribution is 2.12. The molecular weight excluding hydrogens is 232 g/mol. The molecule has 0 spiro atoms. The van der Waals surface area contributed by atoms with E-state index < -0.39 is 0 Å². The van der Waals surface area contributed by atoms with Gasteiger partial charge in [0.1, 0.15) is 10.7 Å². The van der Waals surface area contributed by atoms with E-state index in [0.29, 0.717) is 23.2 Å². The van der Waals surface area contributed by atoms with Gasteiger partial charge in [-0.05, 0) is 25.3 Å². The molecule has 1 heterocycles. The Balaban J connectivity index is 2.60. The van der Waals surface area contributed by atoms with Gasteiger partial charge in [-0.25, -0.2) is 0 Å². The Morgan fingerprint density at radius 3 is 2.76 bits per heavy atom. The first-order valence-corrected chi connectivity index (χ1v) is 6.26. The lowest BCUT2D eigenvalue weighted by atomic mass is 10.1. The summed E-state index contributed by atoms with van der Waals surface area (Å²) in [5, 5.41) is 0. The maximum absolute atomic E-state index is 5.77. The molecule has 2 N–H and O–H groups in total. The lowest BCUT2D eigenvalue weighted by molar-refractivity contribution is 0.0395. The van der Waals surface area contributed by atoms with Crippen LogP contribution in [-0.2, 0) is 11.3 Å². The lowest BCUT2D eigenvalue weighted by Crippen LogP contribution is -2.17. The molecule has 0 aromatic carbocycles. The summed E-state index contributed by atoms with van der Waals surface area (Å²) in [6.45, 7) is 6.96. The van der Waals surface area contributed by atoms with E-state index >= 15 is 0 Å². The number of ether oxygens (including phenoxy) is 1. The Labute approximate surface area is 108 Å². The summed E-state index contributed by atoms with van der Waals surface area (Å²) in [6, 6.07) is 3.82. The summed E-state index contributed by atoms with van der Waals surface area (Å²) < 4.78 is 5.77. The zero-order chi connectivity index (χ0) is 12.8. The van der Waals surface area contributed by atoms with Gasteiger partial charge in [-0.2, -0.15) is 0 Å². The number of thiocarbonyl (C=S) groups is 1. The van der Waals surface area contributed by atoms with Gasteiger partial charge in [0.05, 0.1) is 12.7 Å². The number of hydrogen-bond acceptors (Lipinski definition) is 3. The molecule has 0 saturated heterocycles. The van der Waals surface area contributed by atoms with E-state index in [2.05, 4.69) is 25.8 Å². The van der Waals surface area contributed by atoms with Crippen LogP contribution in [0.3, 0.4) is 0 Å². The molecule has 1 rings (SSSR count). The van der Waals surface area contributed by atoms with Crippen molar-refractivity contribution in [2.24, 2.45) is 11.7 Å². The van der Waals surface area contributed by atoms with E-state index in [1.165, 1.54) is 0 Å². The third kappa shape index (κ3) is 4.79. The topological polar surface area (TPSA) is 48.1 Å². The molecule has 0 fully saturated rings. The number of aromatic nitrogens is 1. The average molecular weight is 252 g/mol. The monoisotopic (exact) mass is 252 g/mol. The number of pyridine rings is 1. The zero-order valence-electron chi connectivity index (χ0n) is 10.6. The fourth-order valence-electron chi connectivity index (χ4n) is 1.74. The molecule has 0 aliphatic carbocycles. The number of nitrogens with two attached hydrogens (primary N) is 1. The predicted molar refractivity (Wildman–Crippen MR) is 73.8 cm³/mol. The Kier molecular flexibility index (Phi) is 5.51. The Morgan fingerprint density at radius 2 is 2.18 bits per heavy atom. The van der Waals surface area contributed by atoms with Crippen LogP contribution in [0.2, 0.25) is 0 Å². The highest BCUT2D eigenvalue weighted by atomic mass is 32.1. The van der Waals surface area contributed by atoms with Crippen LogP contribution >= 0.6 is 12.2 Å². The van der Waals surface area contributed by atoms with Crippen molar-refractivity contribution in [3.63, 3.8) is 0 Å². The van der Waals surface area contributed by atoms with Crippen molar-refractivity contribution in [1.29, 1.82) is 0 Å². The summed E-state index contributed by atoms with van der Waals surface area (Å²) >= 11 is 4.96. The lowest BCUT2D eigenvalue weighted by Gasteiger charge is -2.16. The predicted octanol–water partition coefficient (Wildman–Crippen LogP) is 2.67. The molecule has 1 aromatic rings. The van der Waals surface area contributed by atoms with Crippen LogP contribution in [0.5, 0.6) is 0 Å². The van der Waals surface area contributed by atoms with Gasteiger partial charge in [0.15, 0.2) is 0 Å². The second-order valence-electron chi connectivity index (χ2n) is 4.63. The fourth-order valence-corrected chi connectivity index (χ4v) is 1.92. The summed E-state index contributed by atoms with van der Waals surface area (Å²) in [4.78, 5) is 4.49. The molecule has 0 radical (unpaired) electrons. The minimum Gasteiger partial charge on any atom is -0.388 e. The average Bonchev–Trinajstić information content (AvgIpc) is 2.25. The molecule has 0 bridgehead atoms. The molecular formula is C13H20N2OS. The summed E-state index contributed by atoms with van der Waals surface area (Å²) in [5.74, 6) is 0.633.